The number of amidine groups is 1. The SMILES string of the molecule is CCCN(N)/C=C(\N)c1ccc2ncc(C(=O)Nc3cc(/C(N)=N/N(N)C4CC(F)(F)C4)ccc3OC(F)(F)F)n2c1. The molecule has 1 aliphatic rings. The van der Waals surface area contributed by atoms with Gasteiger partial charge in [-0.05, 0) is 36.8 Å². The highest BCUT2D eigenvalue weighted by Gasteiger charge is 2.47. The van der Waals surface area contributed by atoms with Crippen LogP contribution in [0.25, 0.3) is 11.3 Å². The second kappa shape index (κ2) is 11.7. The second-order valence-electron chi connectivity index (χ2n) is 9.61. The molecule has 1 aromatic carbocycles. The van der Waals surface area contributed by atoms with Crippen molar-refractivity contribution >= 4 is 28.8 Å². The molecule has 2 aromatic heterocycles. The highest BCUT2D eigenvalue weighted by Crippen LogP contribution is 2.39. The highest BCUT2D eigenvalue weighted by atomic mass is 19.4. The average Bonchev–Trinajstić information content (AvgIpc) is 3.31. The molecule has 226 valence electrons. The summed E-state index contributed by atoms with van der Waals surface area (Å²) in [5.41, 5.74) is 12.8. The number of rotatable bonds is 10. The minimum Gasteiger partial charge on any atom is -0.404 e. The molecule has 2 heterocycles. The van der Waals surface area contributed by atoms with Gasteiger partial charge >= 0.3 is 6.36 Å². The summed E-state index contributed by atoms with van der Waals surface area (Å²) in [4.78, 5) is 17.4. The Kier molecular flexibility index (Phi) is 8.44. The summed E-state index contributed by atoms with van der Waals surface area (Å²) < 4.78 is 71.2. The maximum atomic E-state index is 13.3. The molecule has 12 nitrogen and oxygen atoms in total. The molecular weight excluding hydrogens is 567 g/mol. The van der Waals surface area contributed by atoms with Crippen LogP contribution in [0.2, 0.25) is 0 Å². The van der Waals surface area contributed by atoms with Gasteiger partial charge in [0.05, 0.1) is 23.6 Å². The van der Waals surface area contributed by atoms with E-state index in [-0.39, 0.29) is 17.1 Å². The summed E-state index contributed by atoms with van der Waals surface area (Å²) in [7, 11) is 0. The molecule has 42 heavy (non-hydrogen) atoms. The summed E-state index contributed by atoms with van der Waals surface area (Å²) >= 11 is 0. The summed E-state index contributed by atoms with van der Waals surface area (Å²) in [5, 5.41) is 8.42. The van der Waals surface area contributed by atoms with Crippen molar-refractivity contribution in [3.63, 3.8) is 0 Å². The molecule has 9 N–H and O–H groups in total. The number of anilines is 1. The van der Waals surface area contributed by atoms with Crippen molar-refractivity contribution in [3.05, 3.63) is 65.7 Å². The van der Waals surface area contributed by atoms with E-state index in [1.807, 2.05) is 6.92 Å². The number of pyridine rings is 1. The molecule has 0 aliphatic heterocycles. The zero-order valence-electron chi connectivity index (χ0n) is 22.3. The van der Waals surface area contributed by atoms with Crippen molar-refractivity contribution in [2.24, 2.45) is 28.3 Å². The molecule has 0 bridgehead atoms. The lowest BCUT2D eigenvalue weighted by Gasteiger charge is -2.38. The number of carbonyl (C=O) groups is 1. The molecule has 1 amide bonds. The maximum absolute atomic E-state index is 13.3. The first-order valence-corrected chi connectivity index (χ1v) is 12.6. The Bertz CT molecular complexity index is 1510. The zero-order chi connectivity index (χ0) is 30.8. The predicted molar refractivity (Wildman–Crippen MR) is 144 cm³/mol. The highest BCUT2D eigenvalue weighted by molar-refractivity contribution is 6.06. The Labute approximate surface area is 236 Å². The number of benzene rings is 1. The smallest absolute Gasteiger partial charge is 0.404 e. The van der Waals surface area contributed by atoms with E-state index in [0.717, 1.165) is 29.7 Å². The number of fused-ring (bicyclic) bond motifs is 1. The van der Waals surface area contributed by atoms with E-state index in [1.165, 1.54) is 28.0 Å². The number of hydrogen-bond donors (Lipinski definition) is 5. The van der Waals surface area contributed by atoms with Crippen molar-refractivity contribution < 1.29 is 31.5 Å². The van der Waals surface area contributed by atoms with Gasteiger partial charge in [0.25, 0.3) is 11.8 Å². The Morgan fingerprint density at radius 3 is 2.55 bits per heavy atom. The monoisotopic (exact) mass is 596 g/mol. The van der Waals surface area contributed by atoms with Crippen LogP contribution in [0.3, 0.4) is 0 Å². The molecule has 17 heteroatoms. The molecule has 0 spiro atoms. The van der Waals surface area contributed by atoms with Crippen molar-refractivity contribution in [1.82, 2.24) is 19.5 Å². The number of nitrogens with two attached hydrogens (primary N) is 4. The Hall–Kier alpha value is -4.64. The van der Waals surface area contributed by atoms with Gasteiger partial charge in [-0.2, -0.15) is 0 Å². The lowest BCUT2D eigenvalue weighted by Crippen LogP contribution is -2.52. The van der Waals surface area contributed by atoms with Gasteiger partial charge in [-0.1, -0.05) is 6.92 Å². The number of hydrogen-bond acceptors (Lipinski definition) is 9. The molecule has 0 atom stereocenters. The van der Waals surface area contributed by atoms with Crippen LogP contribution in [0.15, 0.2) is 54.0 Å². The molecule has 0 unspecified atom stereocenters. The van der Waals surface area contributed by atoms with Crippen LogP contribution in [-0.2, 0) is 0 Å². The number of hydrazine groups is 2. The molecule has 0 radical (unpaired) electrons. The van der Waals surface area contributed by atoms with Crippen LogP contribution in [-0.4, -0.2) is 56.1 Å². The van der Waals surface area contributed by atoms with Gasteiger partial charge in [0.1, 0.15) is 11.3 Å². The number of aromatic nitrogens is 2. The van der Waals surface area contributed by atoms with Gasteiger partial charge in [-0.15, -0.1) is 18.3 Å². The van der Waals surface area contributed by atoms with Crippen molar-refractivity contribution in [3.8, 4) is 5.75 Å². The number of carbonyl (C=O) groups excluding carboxylic acids is 1. The Morgan fingerprint density at radius 1 is 1.21 bits per heavy atom. The summed E-state index contributed by atoms with van der Waals surface area (Å²) in [5.74, 6) is 6.86. The van der Waals surface area contributed by atoms with E-state index in [1.54, 1.807) is 12.1 Å². The zero-order valence-corrected chi connectivity index (χ0v) is 22.3. The molecule has 1 saturated carbocycles. The summed E-state index contributed by atoms with van der Waals surface area (Å²) in [6, 6.07) is 5.65. The Balaban J connectivity index is 1.63. The van der Waals surface area contributed by atoms with Gasteiger partial charge in [-0.25, -0.2) is 30.6 Å². The fourth-order valence-corrected chi connectivity index (χ4v) is 4.16. The first-order chi connectivity index (χ1) is 19.7. The molecular formula is C25H29F5N10O2. The van der Waals surface area contributed by atoms with Crippen LogP contribution >= 0.6 is 0 Å². The van der Waals surface area contributed by atoms with E-state index < -0.39 is 48.5 Å². The van der Waals surface area contributed by atoms with Crippen LogP contribution in [0, 0.1) is 0 Å². The third-order valence-corrected chi connectivity index (χ3v) is 6.27. The topological polar surface area (TPSA) is 179 Å². The lowest BCUT2D eigenvalue weighted by atomic mass is 9.88. The van der Waals surface area contributed by atoms with Crippen molar-refractivity contribution in [2.45, 2.75) is 44.5 Å². The van der Waals surface area contributed by atoms with Crippen LogP contribution < -0.4 is 33.2 Å². The van der Waals surface area contributed by atoms with Crippen LogP contribution in [0.1, 0.15) is 47.8 Å². The van der Waals surface area contributed by atoms with Gasteiger partial charge in [0, 0.05) is 42.9 Å². The molecule has 1 fully saturated rings. The normalized spacial score (nSPS) is 15.8. The lowest BCUT2D eigenvalue weighted by molar-refractivity contribution is -0.274. The summed E-state index contributed by atoms with van der Waals surface area (Å²) in [6.45, 7) is 2.50. The van der Waals surface area contributed by atoms with Gasteiger partial charge < -0.3 is 26.5 Å². The first kappa shape index (κ1) is 30.3. The third kappa shape index (κ3) is 7.16. The summed E-state index contributed by atoms with van der Waals surface area (Å²) in [6.07, 6.45) is -1.06. The number of hydrazone groups is 1. The number of amides is 1. The minimum atomic E-state index is -5.08. The van der Waals surface area contributed by atoms with Gasteiger partial charge in [0.2, 0.25) is 0 Å². The van der Waals surface area contributed by atoms with Crippen molar-refractivity contribution in [1.29, 1.82) is 0 Å². The largest absolute Gasteiger partial charge is 0.573 e. The van der Waals surface area contributed by atoms with Gasteiger partial charge in [0.15, 0.2) is 11.6 Å². The number of nitrogens with one attached hydrogen (secondary N) is 1. The number of ether oxygens (including phenoxy) is 1. The molecule has 0 saturated heterocycles. The third-order valence-electron chi connectivity index (χ3n) is 6.27. The minimum absolute atomic E-state index is 0.0399. The van der Waals surface area contributed by atoms with Crippen LogP contribution in [0.5, 0.6) is 5.75 Å². The van der Waals surface area contributed by atoms with Gasteiger partial charge in [-0.3, -0.25) is 9.20 Å². The number of alkyl halides is 5. The average molecular weight is 597 g/mol. The number of nitrogens with zero attached hydrogens (tertiary/aromatic N) is 5. The fraction of sp³-hybridized carbons (Fsp3) is 0.320. The number of imidazole rings is 1. The van der Waals surface area contributed by atoms with E-state index in [0.29, 0.717) is 23.5 Å². The van der Waals surface area contributed by atoms with E-state index in [2.05, 4.69) is 20.1 Å². The standard InChI is InChI=1S/C25H29F5N10O2/c1-2-7-38(33)13-17(31)15-4-6-21-35-11-19(39(21)12-15)23(41)36-18-8-14(3-5-20(18)42-25(28,29)30)22(32)37-40(34)16-9-24(26,27)10-16/h3-6,8,11-13,16H,2,7,9-10,31,33-34H2,1H3,(H2,32,37)(H,36,41)/b17-13-. The van der Waals surface area contributed by atoms with Crippen molar-refractivity contribution in [2.75, 3.05) is 11.9 Å². The van der Waals surface area contributed by atoms with E-state index in [4.69, 9.17) is 23.2 Å². The second-order valence-corrected chi connectivity index (χ2v) is 9.61. The quantitative estimate of drug-likeness (QED) is 0.0774. The first-order valence-electron chi connectivity index (χ1n) is 12.6. The van der Waals surface area contributed by atoms with Crippen LogP contribution in [0.4, 0.5) is 27.6 Å². The predicted octanol–water partition coefficient (Wildman–Crippen LogP) is 2.92. The van der Waals surface area contributed by atoms with E-state index in [9.17, 15) is 26.7 Å². The fourth-order valence-electron chi connectivity index (χ4n) is 4.16. The Morgan fingerprint density at radius 2 is 1.90 bits per heavy atom. The maximum Gasteiger partial charge on any atom is 0.573 e. The molecule has 4 rings (SSSR count). The van der Waals surface area contributed by atoms with E-state index >= 15 is 0 Å². The molecule has 1 aliphatic carbocycles. The molecule has 3 aromatic rings. The number of halogens is 5.